The van der Waals surface area contributed by atoms with Crippen molar-refractivity contribution in [2.75, 3.05) is 23.8 Å². The molecule has 0 bridgehead atoms. The van der Waals surface area contributed by atoms with Crippen molar-refractivity contribution in [3.05, 3.63) is 29.3 Å². The summed E-state index contributed by atoms with van der Waals surface area (Å²) >= 11 is 1.68. The molecule has 1 aromatic rings. The van der Waals surface area contributed by atoms with Crippen LogP contribution in [-0.4, -0.2) is 30.1 Å². The first-order valence-corrected chi connectivity index (χ1v) is 9.75. The normalized spacial score (nSPS) is 23.0. The van der Waals surface area contributed by atoms with Crippen molar-refractivity contribution in [1.29, 1.82) is 0 Å². The van der Waals surface area contributed by atoms with Gasteiger partial charge in [0.25, 0.3) is 0 Å². The van der Waals surface area contributed by atoms with Crippen molar-refractivity contribution >= 4 is 35.8 Å². The Morgan fingerprint density at radius 2 is 2.17 bits per heavy atom. The lowest BCUT2D eigenvalue weighted by atomic mass is 9.87. The van der Waals surface area contributed by atoms with Crippen LogP contribution in [0.25, 0.3) is 0 Å². The minimum absolute atomic E-state index is 0. The second-order valence-electron chi connectivity index (χ2n) is 6.47. The molecule has 1 amide bonds. The fraction of sp³-hybridized carbons (Fsp3) is 0.611. The van der Waals surface area contributed by atoms with Gasteiger partial charge in [0, 0.05) is 18.0 Å². The van der Waals surface area contributed by atoms with E-state index in [1.165, 1.54) is 24.0 Å². The summed E-state index contributed by atoms with van der Waals surface area (Å²) in [6, 6.07) is 6.18. The van der Waals surface area contributed by atoms with Crippen LogP contribution in [-0.2, 0) is 16.0 Å². The molecule has 0 spiro atoms. The van der Waals surface area contributed by atoms with Gasteiger partial charge in [-0.25, -0.2) is 0 Å². The average molecular weight is 371 g/mol. The monoisotopic (exact) mass is 370 g/mol. The molecule has 3 rings (SSSR count). The molecule has 6 heteroatoms. The molecule has 0 aromatic heterocycles. The Hall–Kier alpha value is -0.910. The Labute approximate surface area is 154 Å². The summed E-state index contributed by atoms with van der Waals surface area (Å²) in [6.07, 6.45) is 7.06. The Bertz CT molecular complexity index is 550. The Kier molecular flexibility index (Phi) is 7.72. The van der Waals surface area contributed by atoms with Crippen molar-refractivity contribution in [3.8, 4) is 0 Å². The maximum Gasteiger partial charge on any atom is 0.230 e. The van der Waals surface area contributed by atoms with E-state index in [1.54, 1.807) is 11.8 Å². The third-order valence-corrected chi connectivity index (χ3v) is 5.70. The molecule has 0 saturated carbocycles. The largest absolute Gasteiger partial charge is 0.399 e. The number of anilines is 1. The molecule has 1 fully saturated rings. The van der Waals surface area contributed by atoms with Gasteiger partial charge in [0.2, 0.25) is 5.91 Å². The van der Waals surface area contributed by atoms with E-state index < -0.39 is 0 Å². The van der Waals surface area contributed by atoms with Crippen LogP contribution in [0.3, 0.4) is 0 Å². The fourth-order valence-electron chi connectivity index (χ4n) is 3.44. The summed E-state index contributed by atoms with van der Waals surface area (Å²) < 4.78 is 5.70. The number of amides is 1. The number of aryl methyl sites for hydroxylation is 1. The summed E-state index contributed by atoms with van der Waals surface area (Å²) in [7, 11) is 0. The fourth-order valence-corrected chi connectivity index (χ4v) is 4.35. The summed E-state index contributed by atoms with van der Waals surface area (Å²) in [5.74, 6) is 1.56. The van der Waals surface area contributed by atoms with Crippen LogP contribution < -0.4 is 11.1 Å². The number of carbonyl (C=O) groups excluding carboxylic acids is 1. The molecule has 4 nitrogen and oxygen atoms in total. The quantitative estimate of drug-likeness (QED) is 0.779. The van der Waals surface area contributed by atoms with E-state index in [1.807, 2.05) is 12.1 Å². The van der Waals surface area contributed by atoms with Gasteiger partial charge < -0.3 is 15.8 Å². The number of thioether (sulfide) groups is 1. The second kappa shape index (κ2) is 9.54. The lowest BCUT2D eigenvalue weighted by Crippen LogP contribution is -2.32. The first-order valence-electron chi connectivity index (χ1n) is 8.59. The van der Waals surface area contributed by atoms with Gasteiger partial charge in [0.1, 0.15) is 0 Å². The Morgan fingerprint density at radius 1 is 1.29 bits per heavy atom. The molecule has 2 aliphatic rings. The maximum atomic E-state index is 12.2. The van der Waals surface area contributed by atoms with Crippen LogP contribution in [0, 0.1) is 0 Å². The van der Waals surface area contributed by atoms with Crippen LogP contribution in [0.2, 0.25) is 0 Å². The van der Waals surface area contributed by atoms with Gasteiger partial charge >= 0.3 is 0 Å². The third-order valence-electron chi connectivity index (χ3n) is 4.63. The summed E-state index contributed by atoms with van der Waals surface area (Å²) in [6.45, 7) is 0.874. The van der Waals surface area contributed by atoms with Gasteiger partial charge in [-0.15, -0.1) is 24.2 Å². The van der Waals surface area contributed by atoms with E-state index in [9.17, 15) is 4.79 Å². The smallest absolute Gasteiger partial charge is 0.230 e. The van der Waals surface area contributed by atoms with Gasteiger partial charge in [-0.3, -0.25) is 4.79 Å². The van der Waals surface area contributed by atoms with Gasteiger partial charge in [-0.05, 0) is 61.8 Å². The second-order valence-corrected chi connectivity index (χ2v) is 7.50. The van der Waals surface area contributed by atoms with Crippen molar-refractivity contribution < 1.29 is 9.53 Å². The summed E-state index contributed by atoms with van der Waals surface area (Å²) in [5.41, 5.74) is 9.18. The van der Waals surface area contributed by atoms with Crippen LogP contribution in [0.15, 0.2) is 18.2 Å². The molecule has 1 saturated heterocycles. The van der Waals surface area contributed by atoms with E-state index >= 15 is 0 Å². The first kappa shape index (κ1) is 19.4. The lowest BCUT2D eigenvalue weighted by molar-refractivity contribution is -0.119. The highest BCUT2D eigenvalue weighted by molar-refractivity contribution is 7.99. The van der Waals surface area contributed by atoms with Gasteiger partial charge in [0.05, 0.1) is 17.9 Å². The lowest BCUT2D eigenvalue weighted by Gasteiger charge is -2.27. The van der Waals surface area contributed by atoms with Crippen LogP contribution >= 0.6 is 24.2 Å². The minimum atomic E-state index is 0. The average Bonchev–Trinajstić information content (AvgIpc) is 2.56. The van der Waals surface area contributed by atoms with E-state index in [2.05, 4.69) is 11.4 Å². The van der Waals surface area contributed by atoms with E-state index in [0.717, 1.165) is 43.7 Å². The molecular weight excluding hydrogens is 344 g/mol. The molecule has 3 N–H and O–H groups in total. The number of hydrogen-bond acceptors (Lipinski definition) is 4. The van der Waals surface area contributed by atoms with Crippen LogP contribution in [0.1, 0.15) is 49.3 Å². The van der Waals surface area contributed by atoms with Crippen LogP contribution in [0.4, 0.5) is 5.69 Å². The molecule has 1 aromatic carbocycles. The van der Waals surface area contributed by atoms with E-state index in [0.29, 0.717) is 11.9 Å². The highest BCUT2D eigenvalue weighted by Crippen LogP contribution is 2.31. The number of hydrogen-bond donors (Lipinski definition) is 2. The number of nitrogen functional groups attached to an aromatic ring is 1. The zero-order chi connectivity index (χ0) is 16.1. The van der Waals surface area contributed by atoms with E-state index in [4.69, 9.17) is 10.5 Å². The molecule has 1 heterocycles. The number of rotatable bonds is 5. The number of benzene rings is 1. The SMILES string of the molecule is Cl.Nc1ccc2c(c1)CCCC2NC(=O)CSCC1CCCCO1. The molecule has 2 atom stereocenters. The summed E-state index contributed by atoms with van der Waals surface area (Å²) in [5, 5.41) is 3.19. The molecule has 0 radical (unpaired) electrons. The molecule has 2 unspecified atom stereocenters. The number of halogens is 1. The number of fused-ring (bicyclic) bond motifs is 1. The van der Waals surface area contributed by atoms with Crippen LogP contribution in [0.5, 0.6) is 0 Å². The predicted octanol–water partition coefficient (Wildman–Crippen LogP) is 3.49. The van der Waals surface area contributed by atoms with Gasteiger partial charge in [0.15, 0.2) is 0 Å². The summed E-state index contributed by atoms with van der Waals surface area (Å²) in [4.78, 5) is 12.2. The highest BCUT2D eigenvalue weighted by atomic mass is 35.5. The number of ether oxygens (including phenoxy) is 1. The maximum absolute atomic E-state index is 12.2. The van der Waals surface area contributed by atoms with Gasteiger partial charge in [-0.2, -0.15) is 0 Å². The predicted molar refractivity (Wildman–Crippen MR) is 103 cm³/mol. The zero-order valence-corrected chi connectivity index (χ0v) is 15.6. The van der Waals surface area contributed by atoms with Crippen molar-refractivity contribution in [2.24, 2.45) is 0 Å². The molecule has 134 valence electrons. The minimum Gasteiger partial charge on any atom is -0.399 e. The number of nitrogens with one attached hydrogen (secondary N) is 1. The standard InChI is InChI=1S/C18H26N2O2S.ClH/c19-14-7-8-16-13(10-14)4-3-6-17(16)20-18(21)12-23-11-15-5-1-2-9-22-15;/h7-8,10,15,17H,1-6,9,11-12,19H2,(H,20,21);1H. The Morgan fingerprint density at radius 3 is 2.96 bits per heavy atom. The highest BCUT2D eigenvalue weighted by Gasteiger charge is 2.22. The number of nitrogens with two attached hydrogens (primary N) is 1. The molecule has 24 heavy (non-hydrogen) atoms. The third kappa shape index (κ3) is 5.30. The van der Waals surface area contributed by atoms with Crippen molar-refractivity contribution in [2.45, 2.75) is 50.7 Å². The molecular formula is C18H27ClN2O2S. The Balaban J connectivity index is 0.00000208. The first-order chi connectivity index (χ1) is 11.2. The number of carbonyl (C=O) groups is 1. The molecule has 1 aliphatic heterocycles. The molecule has 1 aliphatic carbocycles. The topological polar surface area (TPSA) is 64.3 Å². The van der Waals surface area contributed by atoms with E-state index in [-0.39, 0.29) is 24.4 Å². The zero-order valence-electron chi connectivity index (χ0n) is 14.0. The van der Waals surface area contributed by atoms with Crippen molar-refractivity contribution in [3.63, 3.8) is 0 Å². The van der Waals surface area contributed by atoms with Crippen molar-refractivity contribution in [1.82, 2.24) is 5.32 Å². The van der Waals surface area contributed by atoms with Gasteiger partial charge in [-0.1, -0.05) is 6.07 Å².